The molecular formula is C14H19N3O. The maximum absolute atomic E-state index is 12.0. The van der Waals surface area contributed by atoms with Crippen molar-refractivity contribution >= 4 is 22.5 Å². The highest BCUT2D eigenvalue weighted by atomic mass is 16.2. The molecule has 0 radical (unpaired) electrons. The molecule has 4 nitrogen and oxygen atoms in total. The fourth-order valence-corrected chi connectivity index (χ4v) is 1.74. The molecule has 0 aliphatic rings. The summed E-state index contributed by atoms with van der Waals surface area (Å²) >= 11 is 0. The summed E-state index contributed by atoms with van der Waals surface area (Å²) in [6.45, 7) is 5.85. The van der Waals surface area contributed by atoms with E-state index >= 15 is 0 Å². The smallest absolute Gasteiger partial charge is 0.241 e. The van der Waals surface area contributed by atoms with Gasteiger partial charge in [0.15, 0.2) is 0 Å². The molecular weight excluding hydrogens is 226 g/mol. The summed E-state index contributed by atoms with van der Waals surface area (Å²) in [6, 6.07) is 7.17. The molecule has 1 amide bonds. The molecule has 4 heteroatoms. The molecule has 0 bridgehead atoms. The van der Waals surface area contributed by atoms with Crippen LogP contribution < -0.4 is 11.1 Å². The van der Waals surface area contributed by atoms with E-state index in [0.717, 1.165) is 16.6 Å². The third-order valence-corrected chi connectivity index (χ3v) is 3.04. The molecule has 0 fully saturated rings. The van der Waals surface area contributed by atoms with Crippen LogP contribution in [0.2, 0.25) is 0 Å². The van der Waals surface area contributed by atoms with Crippen molar-refractivity contribution in [1.82, 2.24) is 4.98 Å². The maximum Gasteiger partial charge on any atom is 0.241 e. The van der Waals surface area contributed by atoms with Crippen molar-refractivity contribution in [2.24, 2.45) is 11.1 Å². The molecule has 0 saturated carbocycles. The lowest BCUT2D eigenvalue weighted by Gasteiger charge is -2.25. The largest absolute Gasteiger partial charge is 0.361 e. The van der Waals surface area contributed by atoms with Crippen LogP contribution in [0.5, 0.6) is 0 Å². The molecule has 1 aromatic carbocycles. The number of carbonyl (C=O) groups excluding carboxylic acids is 1. The zero-order chi connectivity index (χ0) is 13.3. The van der Waals surface area contributed by atoms with Crippen LogP contribution in [0.1, 0.15) is 20.8 Å². The predicted octanol–water partition coefficient (Wildman–Crippen LogP) is 2.48. The minimum absolute atomic E-state index is 0.155. The summed E-state index contributed by atoms with van der Waals surface area (Å²) in [7, 11) is 0. The van der Waals surface area contributed by atoms with E-state index in [9.17, 15) is 4.79 Å². The Labute approximate surface area is 107 Å². The van der Waals surface area contributed by atoms with Gasteiger partial charge in [-0.05, 0) is 29.7 Å². The highest BCUT2D eigenvalue weighted by Crippen LogP contribution is 2.21. The van der Waals surface area contributed by atoms with Crippen LogP contribution in [0.15, 0.2) is 30.5 Å². The summed E-state index contributed by atoms with van der Waals surface area (Å²) in [5.74, 6) is -0.155. The molecule has 1 atom stereocenters. The van der Waals surface area contributed by atoms with E-state index in [0.29, 0.717) is 0 Å². The Morgan fingerprint density at radius 2 is 2.06 bits per heavy atom. The Bertz CT molecular complexity index is 566. The fourth-order valence-electron chi connectivity index (χ4n) is 1.74. The zero-order valence-electron chi connectivity index (χ0n) is 10.9. The first kappa shape index (κ1) is 12.6. The first-order chi connectivity index (χ1) is 8.38. The summed E-state index contributed by atoms with van der Waals surface area (Å²) in [5, 5.41) is 3.92. The Kier molecular flexibility index (Phi) is 3.13. The Morgan fingerprint density at radius 1 is 1.33 bits per heavy atom. The van der Waals surface area contributed by atoms with E-state index in [1.165, 1.54) is 0 Å². The number of hydrogen-bond donors (Lipinski definition) is 3. The molecule has 0 saturated heterocycles. The van der Waals surface area contributed by atoms with Crippen LogP contribution in [0, 0.1) is 5.41 Å². The van der Waals surface area contributed by atoms with Gasteiger partial charge in [0.05, 0.1) is 6.04 Å². The fraction of sp³-hybridized carbons (Fsp3) is 0.357. The Morgan fingerprint density at radius 3 is 2.72 bits per heavy atom. The van der Waals surface area contributed by atoms with Crippen molar-refractivity contribution in [3.63, 3.8) is 0 Å². The normalized spacial score (nSPS) is 13.6. The molecule has 0 aliphatic carbocycles. The highest BCUT2D eigenvalue weighted by molar-refractivity contribution is 5.97. The molecule has 18 heavy (non-hydrogen) atoms. The van der Waals surface area contributed by atoms with Crippen LogP contribution in [-0.2, 0) is 4.79 Å². The monoisotopic (exact) mass is 245 g/mol. The summed E-state index contributed by atoms with van der Waals surface area (Å²) in [5.41, 5.74) is 7.49. The average Bonchev–Trinajstić information content (AvgIpc) is 2.73. The third kappa shape index (κ3) is 2.54. The minimum atomic E-state index is -0.528. The lowest BCUT2D eigenvalue weighted by molar-refractivity contribution is -0.119. The van der Waals surface area contributed by atoms with Crippen molar-refractivity contribution < 1.29 is 4.79 Å². The SMILES string of the molecule is CC(C)(C)[C@@H](N)C(=O)Nc1ccc2[nH]ccc2c1. The summed E-state index contributed by atoms with van der Waals surface area (Å²) in [4.78, 5) is 15.1. The second-order valence-electron chi connectivity index (χ2n) is 5.61. The van der Waals surface area contributed by atoms with Crippen LogP contribution in [0.25, 0.3) is 10.9 Å². The van der Waals surface area contributed by atoms with Crippen LogP contribution in [0.4, 0.5) is 5.69 Å². The van der Waals surface area contributed by atoms with Crippen LogP contribution >= 0.6 is 0 Å². The number of nitrogens with one attached hydrogen (secondary N) is 2. The topological polar surface area (TPSA) is 70.9 Å². The van der Waals surface area contributed by atoms with Gasteiger partial charge in [0.2, 0.25) is 5.91 Å². The Hall–Kier alpha value is -1.81. The number of benzene rings is 1. The molecule has 1 heterocycles. The quantitative estimate of drug-likeness (QED) is 0.760. The molecule has 2 aromatic rings. The van der Waals surface area contributed by atoms with E-state index in [-0.39, 0.29) is 11.3 Å². The van der Waals surface area contributed by atoms with Crippen molar-refractivity contribution in [1.29, 1.82) is 0 Å². The van der Waals surface area contributed by atoms with E-state index in [2.05, 4.69) is 10.3 Å². The zero-order valence-corrected chi connectivity index (χ0v) is 10.9. The molecule has 96 valence electrons. The second-order valence-corrected chi connectivity index (χ2v) is 5.61. The number of H-pyrrole nitrogens is 1. The number of rotatable bonds is 2. The molecule has 0 aliphatic heterocycles. The number of nitrogens with two attached hydrogens (primary N) is 1. The van der Waals surface area contributed by atoms with Gasteiger partial charge >= 0.3 is 0 Å². The number of fused-ring (bicyclic) bond motifs is 1. The van der Waals surface area contributed by atoms with E-state index in [4.69, 9.17) is 5.73 Å². The van der Waals surface area contributed by atoms with Gasteiger partial charge in [-0.1, -0.05) is 20.8 Å². The predicted molar refractivity (Wildman–Crippen MR) is 74.4 cm³/mol. The first-order valence-corrected chi connectivity index (χ1v) is 6.01. The maximum atomic E-state index is 12.0. The molecule has 0 unspecified atom stereocenters. The van der Waals surface area contributed by atoms with Crippen molar-refractivity contribution in [3.05, 3.63) is 30.5 Å². The van der Waals surface area contributed by atoms with Crippen molar-refractivity contribution in [3.8, 4) is 0 Å². The molecule has 4 N–H and O–H groups in total. The van der Waals surface area contributed by atoms with Gasteiger partial charge in [-0.3, -0.25) is 4.79 Å². The number of aromatic amines is 1. The average molecular weight is 245 g/mol. The molecule has 2 rings (SSSR count). The Balaban J connectivity index is 2.16. The van der Waals surface area contributed by atoms with Crippen LogP contribution in [-0.4, -0.2) is 16.9 Å². The van der Waals surface area contributed by atoms with Gasteiger partial charge in [-0.25, -0.2) is 0 Å². The number of hydrogen-bond acceptors (Lipinski definition) is 2. The van der Waals surface area contributed by atoms with Gasteiger partial charge in [0.1, 0.15) is 0 Å². The summed E-state index contributed by atoms with van der Waals surface area (Å²) in [6.07, 6.45) is 1.87. The van der Waals surface area contributed by atoms with E-state index in [1.54, 1.807) is 0 Å². The van der Waals surface area contributed by atoms with Crippen LogP contribution in [0.3, 0.4) is 0 Å². The lowest BCUT2D eigenvalue weighted by atomic mass is 9.87. The van der Waals surface area contributed by atoms with E-state index in [1.807, 2.05) is 51.2 Å². The summed E-state index contributed by atoms with van der Waals surface area (Å²) < 4.78 is 0. The van der Waals surface area contributed by atoms with Gasteiger partial charge in [-0.15, -0.1) is 0 Å². The van der Waals surface area contributed by atoms with Gasteiger partial charge in [-0.2, -0.15) is 0 Å². The molecule has 1 aromatic heterocycles. The first-order valence-electron chi connectivity index (χ1n) is 6.01. The number of anilines is 1. The minimum Gasteiger partial charge on any atom is -0.361 e. The van der Waals surface area contributed by atoms with Gasteiger partial charge in [0.25, 0.3) is 0 Å². The number of aromatic nitrogens is 1. The second kappa shape index (κ2) is 4.46. The molecule has 0 spiro atoms. The van der Waals surface area contributed by atoms with Gasteiger partial charge < -0.3 is 16.0 Å². The van der Waals surface area contributed by atoms with Gasteiger partial charge in [0, 0.05) is 22.8 Å². The number of carbonyl (C=O) groups is 1. The standard InChI is InChI=1S/C14H19N3O/c1-14(2,3)12(15)13(18)17-10-4-5-11-9(8-10)6-7-16-11/h4-8,12,16H,15H2,1-3H3,(H,17,18)/t12-/m0/s1. The lowest BCUT2D eigenvalue weighted by Crippen LogP contribution is -2.45. The highest BCUT2D eigenvalue weighted by Gasteiger charge is 2.27. The number of amides is 1. The third-order valence-electron chi connectivity index (χ3n) is 3.04. The van der Waals surface area contributed by atoms with Crippen molar-refractivity contribution in [2.45, 2.75) is 26.8 Å². The van der Waals surface area contributed by atoms with Crippen molar-refractivity contribution in [2.75, 3.05) is 5.32 Å². The van der Waals surface area contributed by atoms with E-state index < -0.39 is 6.04 Å².